The fraction of sp³-hybridized carbons (Fsp3) is 0.391. The largest absolute Gasteiger partial charge is 0.493 e. The molecule has 2 aromatic carbocycles. The summed E-state index contributed by atoms with van der Waals surface area (Å²) in [6.45, 7) is 6.52. The highest BCUT2D eigenvalue weighted by Gasteiger charge is 2.14. The molecule has 31 heavy (non-hydrogen) atoms. The molecule has 2 N–H and O–H groups in total. The molecule has 3 rings (SSSR count). The number of hydrazine groups is 1. The lowest BCUT2D eigenvalue weighted by molar-refractivity contribution is 0.0342. The molecule has 0 atom stereocenters. The maximum Gasteiger partial charge on any atom is 0.269 e. The van der Waals surface area contributed by atoms with Crippen LogP contribution in [0.4, 0.5) is 0 Å². The van der Waals surface area contributed by atoms with Crippen LogP contribution in [-0.2, 0) is 11.3 Å². The molecule has 1 aliphatic heterocycles. The zero-order chi connectivity index (χ0) is 22.1. The molecule has 2 aromatic rings. The van der Waals surface area contributed by atoms with Gasteiger partial charge < -0.3 is 14.2 Å². The molecule has 0 bridgehead atoms. The zero-order valence-corrected chi connectivity index (χ0v) is 18.0. The molecular weight excluding hydrogens is 398 g/mol. The van der Waals surface area contributed by atoms with Crippen molar-refractivity contribution >= 4 is 11.8 Å². The van der Waals surface area contributed by atoms with Gasteiger partial charge in [0.15, 0.2) is 11.5 Å². The molecule has 1 saturated heterocycles. The topological polar surface area (TPSA) is 89.1 Å². The van der Waals surface area contributed by atoms with Crippen molar-refractivity contribution in [3.63, 3.8) is 0 Å². The number of ether oxygens (including phenoxy) is 3. The minimum atomic E-state index is -0.446. The predicted octanol–water partition coefficient (Wildman–Crippen LogP) is 2.39. The van der Waals surface area contributed by atoms with E-state index in [-0.39, 0.29) is 5.91 Å². The van der Waals surface area contributed by atoms with Gasteiger partial charge in [0.2, 0.25) is 0 Å². The van der Waals surface area contributed by atoms with Gasteiger partial charge in [-0.05, 0) is 42.3 Å². The molecular formula is C23H29N3O5. The molecule has 2 amide bonds. The maximum atomic E-state index is 12.5. The minimum absolute atomic E-state index is 0.349. The van der Waals surface area contributed by atoms with Gasteiger partial charge in [0.1, 0.15) is 0 Å². The molecule has 0 aromatic heterocycles. The smallest absolute Gasteiger partial charge is 0.269 e. The average Bonchev–Trinajstić information content (AvgIpc) is 2.81. The summed E-state index contributed by atoms with van der Waals surface area (Å²) in [7, 11) is 1.52. The third-order valence-corrected chi connectivity index (χ3v) is 4.88. The number of benzene rings is 2. The van der Waals surface area contributed by atoms with E-state index in [1.807, 2.05) is 25.1 Å². The van der Waals surface area contributed by atoms with Crippen LogP contribution in [0.15, 0.2) is 42.5 Å². The van der Waals surface area contributed by atoms with E-state index in [4.69, 9.17) is 14.2 Å². The van der Waals surface area contributed by atoms with E-state index < -0.39 is 5.91 Å². The van der Waals surface area contributed by atoms with Crippen LogP contribution >= 0.6 is 0 Å². The first kappa shape index (κ1) is 22.6. The van der Waals surface area contributed by atoms with E-state index >= 15 is 0 Å². The summed E-state index contributed by atoms with van der Waals surface area (Å²) < 4.78 is 16.3. The summed E-state index contributed by atoms with van der Waals surface area (Å²) in [5.74, 6) is 0.204. The van der Waals surface area contributed by atoms with E-state index in [0.717, 1.165) is 44.8 Å². The van der Waals surface area contributed by atoms with Crippen LogP contribution in [0.3, 0.4) is 0 Å². The third-order valence-electron chi connectivity index (χ3n) is 4.88. The Morgan fingerprint density at radius 1 is 1.00 bits per heavy atom. The molecule has 1 fully saturated rings. The van der Waals surface area contributed by atoms with E-state index in [9.17, 15) is 9.59 Å². The van der Waals surface area contributed by atoms with E-state index in [0.29, 0.717) is 29.2 Å². The SMILES string of the molecule is CCCOc1ccc(C(=O)NNC(=O)c2cccc(CN3CCOCC3)c2)cc1OC. The number of rotatable bonds is 8. The Hall–Kier alpha value is -3.10. The highest BCUT2D eigenvalue weighted by Crippen LogP contribution is 2.28. The first-order valence-corrected chi connectivity index (χ1v) is 10.4. The van der Waals surface area contributed by atoms with Crippen LogP contribution in [0.5, 0.6) is 11.5 Å². The van der Waals surface area contributed by atoms with Crippen LogP contribution in [0.2, 0.25) is 0 Å². The molecule has 1 heterocycles. The van der Waals surface area contributed by atoms with Crippen molar-refractivity contribution in [2.45, 2.75) is 19.9 Å². The first-order valence-electron chi connectivity index (χ1n) is 10.4. The fourth-order valence-corrected chi connectivity index (χ4v) is 3.23. The highest BCUT2D eigenvalue weighted by atomic mass is 16.5. The number of hydrogen-bond acceptors (Lipinski definition) is 6. The van der Waals surface area contributed by atoms with Crippen LogP contribution in [0.1, 0.15) is 39.6 Å². The lowest BCUT2D eigenvalue weighted by Crippen LogP contribution is -2.41. The minimum Gasteiger partial charge on any atom is -0.493 e. The summed E-state index contributed by atoms with van der Waals surface area (Å²) in [5.41, 5.74) is 6.78. The van der Waals surface area contributed by atoms with Crippen molar-refractivity contribution in [3.8, 4) is 11.5 Å². The first-order chi connectivity index (χ1) is 15.1. The normalized spacial score (nSPS) is 14.0. The van der Waals surface area contributed by atoms with Crippen LogP contribution in [-0.4, -0.2) is 56.7 Å². The highest BCUT2D eigenvalue weighted by molar-refractivity contribution is 5.99. The number of morpholine rings is 1. The molecule has 0 radical (unpaired) electrons. The van der Waals surface area contributed by atoms with Gasteiger partial charge in [-0.25, -0.2) is 0 Å². The summed E-state index contributed by atoms with van der Waals surface area (Å²) in [6.07, 6.45) is 0.866. The number of nitrogens with one attached hydrogen (secondary N) is 2. The van der Waals surface area contributed by atoms with E-state index in [1.54, 1.807) is 24.3 Å². The maximum absolute atomic E-state index is 12.5. The molecule has 0 saturated carbocycles. The molecule has 0 aliphatic carbocycles. The van der Waals surface area contributed by atoms with Crippen molar-refractivity contribution < 1.29 is 23.8 Å². The van der Waals surface area contributed by atoms with Crippen LogP contribution in [0, 0.1) is 0 Å². The van der Waals surface area contributed by atoms with Gasteiger partial charge in [0.05, 0.1) is 26.9 Å². The van der Waals surface area contributed by atoms with Gasteiger partial charge >= 0.3 is 0 Å². The summed E-state index contributed by atoms with van der Waals surface area (Å²) in [6, 6.07) is 12.3. The molecule has 0 unspecified atom stereocenters. The Balaban J connectivity index is 1.57. The van der Waals surface area contributed by atoms with Gasteiger partial charge in [-0.15, -0.1) is 0 Å². The summed E-state index contributed by atoms with van der Waals surface area (Å²) in [4.78, 5) is 27.3. The Bertz CT molecular complexity index is 897. The van der Waals surface area contributed by atoms with Gasteiger partial charge in [-0.3, -0.25) is 25.3 Å². The Labute approximate surface area is 182 Å². The monoisotopic (exact) mass is 427 g/mol. The van der Waals surface area contributed by atoms with Gasteiger partial charge in [0.25, 0.3) is 11.8 Å². The predicted molar refractivity (Wildman–Crippen MR) is 116 cm³/mol. The summed E-state index contributed by atoms with van der Waals surface area (Å²) >= 11 is 0. The number of carbonyl (C=O) groups is 2. The van der Waals surface area contributed by atoms with Gasteiger partial charge in [-0.2, -0.15) is 0 Å². The van der Waals surface area contributed by atoms with Gasteiger partial charge in [-0.1, -0.05) is 19.1 Å². The molecule has 166 valence electrons. The quantitative estimate of drug-likeness (QED) is 0.629. The zero-order valence-electron chi connectivity index (χ0n) is 18.0. The van der Waals surface area contributed by atoms with Crippen molar-refractivity contribution in [1.82, 2.24) is 15.8 Å². The summed E-state index contributed by atoms with van der Waals surface area (Å²) in [5, 5.41) is 0. The van der Waals surface area contributed by atoms with E-state index in [2.05, 4.69) is 15.8 Å². The second-order valence-corrected chi connectivity index (χ2v) is 7.21. The average molecular weight is 428 g/mol. The second kappa shape index (κ2) is 11.3. The number of nitrogens with zero attached hydrogens (tertiary/aromatic N) is 1. The Kier molecular flexibility index (Phi) is 8.26. The van der Waals surface area contributed by atoms with Crippen LogP contribution < -0.4 is 20.3 Å². The Morgan fingerprint density at radius 3 is 2.39 bits per heavy atom. The molecule has 0 spiro atoms. The lowest BCUT2D eigenvalue weighted by Gasteiger charge is -2.26. The van der Waals surface area contributed by atoms with Crippen molar-refractivity contribution in [3.05, 3.63) is 59.2 Å². The Morgan fingerprint density at radius 2 is 1.71 bits per heavy atom. The standard InChI is InChI=1S/C23H29N3O5/c1-3-11-31-20-8-7-19(15-21(20)29-2)23(28)25-24-22(27)18-6-4-5-17(14-18)16-26-9-12-30-13-10-26/h4-8,14-15H,3,9-13,16H2,1-2H3,(H,24,27)(H,25,28). The second-order valence-electron chi connectivity index (χ2n) is 7.21. The van der Waals surface area contributed by atoms with Crippen LogP contribution in [0.25, 0.3) is 0 Å². The molecule has 1 aliphatic rings. The van der Waals surface area contributed by atoms with Crippen molar-refractivity contribution in [2.24, 2.45) is 0 Å². The van der Waals surface area contributed by atoms with Gasteiger partial charge in [0, 0.05) is 30.8 Å². The van der Waals surface area contributed by atoms with Crippen molar-refractivity contribution in [1.29, 1.82) is 0 Å². The molecule has 8 nitrogen and oxygen atoms in total. The number of amides is 2. The number of carbonyl (C=O) groups excluding carboxylic acids is 2. The van der Waals surface area contributed by atoms with E-state index in [1.165, 1.54) is 7.11 Å². The number of methoxy groups -OCH3 is 1. The molecule has 8 heteroatoms. The third kappa shape index (κ3) is 6.44. The number of hydrogen-bond donors (Lipinski definition) is 2. The van der Waals surface area contributed by atoms with Crippen molar-refractivity contribution in [2.75, 3.05) is 40.0 Å². The fourth-order valence-electron chi connectivity index (χ4n) is 3.23. The lowest BCUT2D eigenvalue weighted by atomic mass is 10.1.